The normalized spacial score (nSPS) is 19.0. The van der Waals surface area contributed by atoms with Crippen molar-refractivity contribution < 1.29 is 9.53 Å². The summed E-state index contributed by atoms with van der Waals surface area (Å²) in [4.78, 5) is 16.8. The zero-order valence-corrected chi connectivity index (χ0v) is 16.4. The highest BCUT2D eigenvalue weighted by Gasteiger charge is 2.28. The van der Waals surface area contributed by atoms with Crippen LogP contribution in [-0.4, -0.2) is 40.8 Å². The molecule has 0 spiro atoms. The molecule has 0 unspecified atom stereocenters. The van der Waals surface area contributed by atoms with Crippen molar-refractivity contribution in [2.75, 3.05) is 18.5 Å². The molecule has 1 fully saturated rings. The number of carbonyl (C=O) groups is 1. The van der Waals surface area contributed by atoms with Crippen LogP contribution in [0.3, 0.4) is 0 Å². The van der Waals surface area contributed by atoms with Crippen LogP contribution in [0.25, 0.3) is 16.7 Å². The number of rotatable bonds is 3. The van der Waals surface area contributed by atoms with E-state index in [4.69, 9.17) is 4.74 Å². The average Bonchev–Trinajstić information content (AvgIpc) is 3.07. The van der Waals surface area contributed by atoms with Gasteiger partial charge in [0.1, 0.15) is 12.4 Å². The predicted molar refractivity (Wildman–Crippen MR) is 111 cm³/mol. The van der Waals surface area contributed by atoms with Crippen LogP contribution in [0.5, 0.6) is 0 Å². The Labute approximate surface area is 170 Å². The van der Waals surface area contributed by atoms with E-state index in [9.17, 15) is 4.79 Å². The van der Waals surface area contributed by atoms with Gasteiger partial charge >= 0.3 is 0 Å². The second-order valence-corrected chi connectivity index (χ2v) is 6.15. The number of benzene rings is 2. The molecular weight excluding hydrogens is 387 g/mol. The molecule has 1 amide bonds. The first-order chi connectivity index (χ1) is 12.2. The SMILES string of the molecule is C[C@H]1OCCN[C@@H]1C(=O)Nc1ccc(-n2cnc3ccccc32)cc1.Cl.Cl. The number of anilines is 1. The molecule has 8 heteroatoms. The van der Waals surface area contributed by atoms with Crippen LogP contribution < -0.4 is 10.6 Å². The third-order valence-electron chi connectivity index (χ3n) is 4.47. The maximum Gasteiger partial charge on any atom is 0.244 e. The van der Waals surface area contributed by atoms with Crippen LogP contribution in [-0.2, 0) is 9.53 Å². The summed E-state index contributed by atoms with van der Waals surface area (Å²) in [6.45, 7) is 3.23. The number of morpholine rings is 1. The number of ether oxygens (including phenoxy) is 1. The number of para-hydroxylation sites is 2. The number of nitrogens with one attached hydrogen (secondary N) is 2. The summed E-state index contributed by atoms with van der Waals surface area (Å²) in [5.41, 5.74) is 3.77. The summed E-state index contributed by atoms with van der Waals surface area (Å²) in [5.74, 6) is -0.0759. The molecule has 0 radical (unpaired) electrons. The lowest BCUT2D eigenvalue weighted by Gasteiger charge is -2.29. The van der Waals surface area contributed by atoms with Crippen molar-refractivity contribution in [1.29, 1.82) is 0 Å². The Morgan fingerprint density at radius 3 is 2.67 bits per heavy atom. The molecule has 0 aliphatic carbocycles. The fourth-order valence-corrected chi connectivity index (χ4v) is 3.12. The van der Waals surface area contributed by atoms with Crippen molar-refractivity contribution in [3.05, 3.63) is 54.9 Å². The van der Waals surface area contributed by atoms with Gasteiger partial charge in [0, 0.05) is 17.9 Å². The van der Waals surface area contributed by atoms with Gasteiger partial charge in [-0.05, 0) is 43.3 Å². The number of imidazole rings is 1. The van der Waals surface area contributed by atoms with E-state index in [2.05, 4.69) is 15.6 Å². The van der Waals surface area contributed by atoms with E-state index in [1.807, 2.05) is 66.3 Å². The first-order valence-electron chi connectivity index (χ1n) is 8.41. The lowest BCUT2D eigenvalue weighted by molar-refractivity contribution is -0.123. The molecule has 2 N–H and O–H groups in total. The van der Waals surface area contributed by atoms with Gasteiger partial charge in [0.15, 0.2) is 0 Å². The minimum atomic E-state index is -0.328. The van der Waals surface area contributed by atoms with Gasteiger partial charge in [-0.25, -0.2) is 4.98 Å². The maximum absolute atomic E-state index is 12.4. The number of amides is 1. The van der Waals surface area contributed by atoms with Gasteiger partial charge in [0.2, 0.25) is 5.91 Å². The van der Waals surface area contributed by atoms with Crippen LogP contribution in [0, 0.1) is 0 Å². The van der Waals surface area contributed by atoms with E-state index in [0.717, 1.165) is 22.4 Å². The van der Waals surface area contributed by atoms with E-state index in [1.54, 1.807) is 0 Å². The third-order valence-corrected chi connectivity index (χ3v) is 4.47. The van der Waals surface area contributed by atoms with Gasteiger partial charge in [-0.1, -0.05) is 12.1 Å². The molecule has 1 aromatic heterocycles. The molecule has 1 aliphatic rings. The van der Waals surface area contributed by atoms with Gasteiger partial charge < -0.3 is 15.4 Å². The molecule has 144 valence electrons. The minimum Gasteiger partial charge on any atom is -0.375 e. The van der Waals surface area contributed by atoms with E-state index in [-0.39, 0.29) is 42.9 Å². The average molecular weight is 409 g/mol. The summed E-state index contributed by atoms with van der Waals surface area (Å²) in [7, 11) is 0. The second kappa shape index (κ2) is 9.19. The summed E-state index contributed by atoms with van der Waals surface area (Å²) in [6.07, 6.45) is 1.67. The summed E-state index contributed by atoms with van der Waals surface area (Å²) in [6, 6.07) is 15.4. The Morgan fingerprint density at radius 1 is 1.19 bits per heavy atom. The number of hydrogen-bond acceptors (Lipinski definition) is 4. The number of nitrogens with zero attached hydrogens (tertiary/aromatic N) is 2. The molecular formula is C19H22Cl2N4O2. The highest BCUT2D eigenvalue weighted by molar-refractivity contribution is 5.95. The van der Waals surface area contributed by atoms with Gasteiger partial charge in [0.05, 0.1) is 23.7 Å². The Balaban J connectivity index is 0.00000131. The number of aromatic nitrogens is 2. The first-order valence-corrected chi connectivity index (χ1v) is 8.41. The first kappa shape index (κ1) is 21.2. The van der Waals surface area contributed by atoms with Gasteiger partial charge in [-0.2, -0.15) is 0 Å². The van der Waals surface area contributed by atoms with Crippen LogP contribution in [0.15, 0.2) is 54.9 Å². The predicted octanol–water partition coefficient (Wildman–Crippen LogP) is 3.18. The van der Waals surface area contributed by atoms with E-state index in [0.29, 0.717) is 13.2 Å². The molecule has 2 aromatic carbocycles. The van der Waals surface area contributed by atoms with E-state index < -0.39 is 0 Å². The summed E-state index contributed by atoms with van der Waals surface area (Å²) in [5, 5.41) is 6.14. The number of hydrogen-bond donors (Lipinski definition) is 2. The Bertz CT molecular complexity index is 898. The third kappa shape index (κ3) is 4.42. The molecule has 27 heavy (non-hydrogen) atoms. The van der Waals surface area contributed by atoms with Crippen LogP contribution in [0.2, 0.25) is 0 Å². The minimum absolute atomic E-state index is 0. The quantitative estimate of drug-likeness (QED) is 0.698. The smallest absolute Gasteiger partial charge is 0.244 e. The van der Waals surface area contributed by atoms with Gasteiger partial charge in [-0.15, -0.1) is 24.8 Å². The molecule has 6 nitrogen and oxygen atoms in total. The van der Waals surface area contributed by atoms with Crippen molar-refractivity contribution in [3.8, 4) is 5.69 Å². The van der Waals surface area contributed by atoms with Gasteiger partial charge in [0.25, 0.3) is 0 Å². The molecule has 4 rings (SSSR count). The standard InChI is InChI=1S/C19H20N4O2.2ClH/c1-13-18(20-10-11-25-13)19(24)22-14-6-8-15(9-7-14)23-12-21-16-4-2-3-5-17(16)23;;/h2-9,12-13,18,20H,10-11H2,1H3,(H,22,24);2*1H/t13-,18+;;/m1../s1. The Hall–Kier alpha value is -2.12. The molecule has 1 saturated heterocycles. The lowest BCUT2D eigenvalue weighted by atomic mass is 10.1. The van der Waals surface area contributed by atoms with Crippen LogP contribution >= 0.6 is 24.8 Å². The van der Waals surface area contributed by atoms with Crippen molar-refractivity contribution in [2.45, 2.75) is 19.1 Å². The fraction of sp³-hybridized carbons (Fsp3) is 0.263. The van der Waals surface area contributed by atoms with Crippen molar-refractivity contribution in [1.82, 2.24) is 14.9 Å². The van der Waals surface area contributed by atoms with Crippen molar-refractivity contribution in [2.24, 2.45) is 0 Å². The molecule has 2 atom stereocenters. The molecule has 3 aromatic rings. The fourth-order valence-electron chi connectivity index (χ4n) is 3.12. The zero-order valence-electron chi connectivity index (χ0n) is 14.8. The summed E-state index contributed by atoms with van der Waals surface area (Å²) < 4.78 is 7.55. The molecule has 0 saturated carbocycles. The second-order valence-electron chi connectivity index (χ2n) is 6.15. The van der Waals surface area contributed by atoms with Crippen molar-refractivity contribution in [3.63, 3.8) is 0 Å². The van der Waals surface area contributed by atoms with Crippen LogP contribution in [0.1, 0.15) is 6.92 Å². The Morgan fingerprint density at radius 2 is 1.93 bits per heavy atom. The topological polar surface area (TPSA) is 68.2 Å². The van der Waals surface area contributed by atoms with Crippen molar-refractivity contribution >= 4 is 47.4 Å². The molecule has 1 aliphatic heterocycles. The van der Waals surface area contributed by atoms with E-state index >= 15 is 0 Å². The monoisotopic (exact) mass is 408 g/mol. The largest absolute Gasteiger partial charge is 0.375 e. The highest BCUT2D eigenvalue weighted by Crippen LogP contribution is 2.20. The molecule has 2 heterocycles. The molecule has 0 bridgehead atoms. The van der Waals surface area contributed by atoms with Crippen LogP contribution in [0.4, 0.5) is 5.69 Å². The highest BCUT2D eigenvalue weighted by atomic mass is 35.5. The number of halogens is 2. The van der Waals surface area contributed by atoms with Gasteiger partial charge in [-0.3, -0.25) is 9.36 Å². The number of fused-ring (bicyclic) bond motifs is 1. The van der Waals surface area contributed by atoms with E-state index in [1.165, 1.54) is 0 Å². The zero-order chi connectivity index (χ0) is 17.2. The lowest BCUT2D eigenvalue weighted by Crippen LogP contribution is -2.53. The maximum atomic E-state index is 12.4. The number of carbonyl (C=O) groups excluding carboxylic acids is 1. The summed E-state index contributed by atoms with van der Waals surface area (Å²) >= 11 is 0. The Kier molecular flexibility index (Phi) is 7.21.